The Morgan fingerprint density at radius 1 is 1.21 bits per heavy atom. The lowest BCUT2D eigenvalue weighted by Gasteiger charge is -2.25. The van der Waals surface area contributed by atoms with Gasteiger partial charge in [0.1, 0.15) is 12.4 Å². The summed E-state index contributed by atoms with van der Waals surface area (Å²) in [7, 11) is 0. The van der Waals surface area contributed by atoms with E-state index in [-0.39, 0.29) is 23.1 Å². The molecule has 0 bridgehead atoms. The lowest BCUT2D eigenvalue weighted by atomic mass is 10.2. The van der Waals surface area contributed by atoms with Gasteiger partial charge in [-0.2, -0.15) is 0 Å². The molecule has 2 amide bonds. The summed E-state index contributed by atoms with van der Waals surface area (Å²) in [6.45, 7) is -0.476. The first-order valence-electron chi connectivity index (χ1n) is 7.98. The molecular weight excluding hydrogens is 394 g/mol. The van der Waals surface area contributed by atoms with Crippen molar-refractivity contribution in [2.45, 2.75) is 6.10 Å². The van der Waals surface area contributed by atoms with Crippen LogP contribution < -0.4 is 25.1 Å². The first-order chi connectivity index (χ1) is 13.4. The van der Waals surface area contributed by atoms with Crippen LogP contribution in [0, 0.1) is 10.1 Å². The first kappa shape index (κ1) is 19.2. The fourth-order valence-electron chi connectivity index (χ4n) is 2.26. The minimum Gasteiger partial charge on any atom is -0.485 e. The van der Waals surface area contributed by atoms with Crippen molar-refractivity contribution < 1.29 is 28.7 Å². The summed E-state index contributed by atoms with van der Waals surface area (Å²) in [6, 6.07) is 10.5. The van der Waals surface area contributed by atoms with Crippen LogP contribution in [0.5, 0.6) is 17.2 Å². The average molecular weight is 408 g/mol. The van der Waals surface area contributed by atoms with Crippen LogP contribution in [0.1, 0.15) is 0 Å². The molecular formula is C17H14ClN3O7. The predicted octanol–water partition coefficient (Wildman–Crippen LogP) is 1.61. The zero-order chi connectivity index (χ0) is 20.1. The number of amides is 2. The number of hydrogen-bond donors (Lipinski definition) is 2. The summed E-state index contributed by atoms with van der Waals surface area (Å²) in [5.41, 5.74) is 4.18. The second-order valence-electron chi connectivity index (χ2n) is 5.56. The topological polar surface area (TPSA) is 129 Å². The molecule has 1 aliphatic rings. The third kappa shape index (κ3) is 4.60. The van der Waals surface area contributed by atoms with Crippen molar-refractivity contribution >= 4 is 29.1 Å². The van der Waals surface area contributed by atoms with Crippen molar-refractivity contribution in [2.75, 3.05) is 13.2 Å². The van der Waals surface area contributed by atoms with Crippen LogP contribution in [0.4, 0.5) is 5.69 Å². The monoisotopic (exact) mass is 407 g/mol. The number of nitrogens with one attached hydrogen (secondary N) is 2. The molecule has 0 saturated carbocycles. The van der Waals surface area contributed by atoms with Crippen molar-refractivity contribution in [1.82, 2.24) is 10.9 Å². The highest BCUT2D eigenvalue weighted by Gasteiger charge is 2.27. The molecule has 1 atom stereocenters. The van der Waals surface area contributed by atoms with E-state index in [1.807, 2.05) is 0 Å². The molecule has 0 saturated heterocycles. The molecule has 3 rings (SSSR count). The molecule has 11 heteroatoms. The minimum absolute atomic E-state index is 0.00633. The van der Waals surface area contributed by atoms with Crippen molar-refractivity contribution in [3.8, 4) is 17.2 Å². The van der Waals surface area contributed by atoms with Gasteiger partial charge in [-0.1, -0.05) is 23.7 Å². The van der Waals surface area contributed by atoms with Gasteiger partial charge in [0, 0.05) is 12.1 Å². The van der Waals surface area contributed by atoms with Gasteiger partial charge in [0.2, 0.25) is 6.10 Å². The Morgan fingerprint density at radius 3 is 2.68 bits per heavy atom. The van der Waals surface area contributed by atoms with Gasteiger partial charge in [-0.15, -0.1) is 0 Å². The number of nitrogens with zero attached hydrogens (tertiary/aromatic N) is 1. The van der Waals surface area contributed by atoms with E-state index in [0.29, 0.717) is 11.5 Å². The second kappa shape index (κ2) is 8.44. The standard InChI is InChI=1S/C17H14ClN3O7/c18-11-7-10(21(24)25)5-6-12(11)27-9-16(22)19-20-17(23)15-8-26-13-3-1-2-4-14(13)28-15/h1-7,15H,8-9H2,(H,19,22)(H,20,23)/t15-/m1/s1. The van der Waals surface area contributed by atoms with Gasteiger partial charge in [-0.25, -0.2) is 0 Å². The van der Waals surface area contributed by atoms with Gasteiger partial charge in [-0.3, -0.25) is 30.6 Å². The Bertz CT molecular complexity index is 921. The number of nitro groups is 1. The number of para-hydroxylation sites is 2. The normalized spacial score (nSPS) is 14.7. The van der Waals surface area contributed by atoms with Crippen LogP contribution in [0.2, 0.25) is 5.02 Å². The maximum atomic E-state index is 12.1. The highest BCUT2D eigenvalue weighted by atomic mass is 35.5. The number of carbonyl (C=O) groups excluding carboxylic acids is 2. The van der Waals surface area contributed by atoms with Crippen LogP contribution in [0.25, 0.3) is 0 Å². The van der Waals surface area contributed by atoms with Crippen molar-refractivity contribution in [3.63, 3.8) is 0 Å². The number of rotatable bonds is 5. The molecule has 0 unspecified atom stereocenters. The van der Waals surface area contributed by atoms with Gasteiger partial charge in [-0.05, 0) is 18.2 Å². The summed E-state index contributed by atoms with van der Waals surface area (Å²) in [5.74, 6) is -0.217. The van der Waals surface area contributed by atoms with Gasteiger partial charge >= 0.3 is 0 Å². The molecule has 0 aliphatic carbocycles. The van der Waals surface area contributed by atoms with E-state index in [2.05, 4.69) is 10.9 Å². The second-order valence-corrected chi connectivity index (χ2v) is 5.97. The van der Waals surface area contributed by atoms with Gasteiger partial charge in [0.25, 0.3) is 17.5 Å². The van der Waals surface area contributed by atoms with E-state index in [4.69, 9.17) is 25.8 Å². The highest BCUT2D eigenvalue weighted by Crippen LogP contribution is 2.31. The molecule has 0 radical (unpaired) electrons. The Morgan fingerprint density at radius 2 is 1.96 bits per heavy atom. The molecule has 146 valence electrons. The van der Waals surface area contributed by atoms with Crippen molar-refractivity contribution in [2.24, 2.45) is 0 Å². The van der Waals surface area contributed by atoms with E-state index in [1.54, 1.807) is 24.3 Å². The first-order valence-corrected chi connectivity index (χ1v) is 8.36. The number of benzene rings is 2. The van der Waals surface area contributed by atoms with Gasteiger partial charge in [0.05, 0.1) is 9.95 Å². The number of hydrazine groups is 1. The molecule has 10 nitrogen and oxygen atoms in total. The number of nitro benzene ring substituents is 1. The molecule has 2 aromatic carbocycles. The molecule has 28 heavy (non-hydrogen) atoms. The van der Waals surface area contributed by atoms with Crippen molar-refractivity contribution in [3.05, 3.63) is 57.6 Å². The highest BCUT2D eigenvalue weighted by molar-refractivity contribution is 6.32. The number of fused-ring (bicyclic) bond motifs is 1. The summed E-state index contributed by atoms with van der Waals surface area (Å²) in [6.07, 6.45) is -0.930. The third-order valence-corrected chi connectivity index (χ3v) is 3.91. The molecule has 2 aromatic rings. The number of carbonyl (C=O) groups is 2. The number of non-ortho nitro benzene ring substituents is 1. The maximum Gasteiger partial charge on any atom is 0.283 e. The van der Waals surface area contributed by atoms with E-state index < -0.39 is 29.4 Å². The summed E-state index contributed by atoms with van der Waals surface area (Å²) in [5, 5.41) is 10.6. The molecule has 2 N–H and O–H groups in total. The van der Waals surface area contributed by atoms with E-state index in [1.165, 1.54) is 12.1 Å². The summed E-state index contributed by atoms with van der Waals surface area (Å²) >= 11 is 5.87. The summed E-state index contributed by atoms with van der Waals surface area (Å²) < 4.78 is 16.1. The van der Waals surface area contributed by atoms with Crippen molar-refractivity contribution in [1.29, 1.82) is 0 Å². The SMILES string of the molecule is O=C(COc1ccc([N+](=O)[O-])cc1Cl)NNC(=O)[C@H]1COc2ccccc2O1. The third-order valence-electron chi connectivity index (χ3n) is 3.61. The molecule has 0 aromatic heterocycles. The van der Waals surface area contributed by atoms with Crippen LogP contribution in [-0.4, -0.2) is 36.1 Å². The number of halogens is 1. The Kier molecular flexibility index (Phi) is 5.80. The largest absolute Gasteiger partial charge is 0.485 e. The van der Waals surface area contributed by atoms with Gasteiger partial charge < -0.3 is 14.2 Å². The summed E-state index contributed by atoms with van der Waals surface area (Å²) in [4.78, 5) is 34.0. The zero-order valence-corrected chi connectivity index (χ0v) is 15.0. The lowest BCUT2D eigenvalue weighted by molar-refractivity contribution is -0.384. The van der Waals surface area contributed by atoms with E-state index in [9.17, 15) is 19.7 Å². The lowest BCUT2D eigenvalue weighted by Crippen LogP contribution is -2.51. The number of hydrogen-bond acceptors (Lipinski definition) is 7. The Hall–Kier alpha value is -3.53. The Labute approximate surface area is 163 Å². The van der Waals surface area contributed by atoms with Crippen LogP contribution in [-0.2, 0) is 9.59 Å². The van der Waals surface area contributed by atoms with E-state index >= 15 is 0 Å². The quantitative estimate of drug-likeness (QED) is 0.569. The molecule has 1 heterocycles. The predicted molar refractivity (Wildman–Crippen MR) is 96.2 cm³/mol. The number of ether oxygens (including phenoxy) is 3. The fraction of sp³-hybridized carbons (Fsp3) is 0.176. The zero-order valence-electron chi connectivity index (χ0n) is 14.2. The minimum atomic E-state index is -0.930. The van der Waals surface area contributed by atoms with Crippen LogP contribution >= 0.6 is 11.6 Å². The maximum absolute atomic E-state index is 12.1. The molecule has 1 aliphatic heterocycles. The average Bonchev–Trinajstić information content (AvgIpc) is 2.70. The smallest absolute Gasteiger partial charge is 0.283 e. The van der Waals surface area contributed by atoms with Gasteiger partial charge in [0.15, 0.2) is 18.1 Å². The fourth-order valence-corrected chi connectivity index (χ4v) is 2.49. The Balaban J connectivity index is 1.46. The molecule has 0 fully saturated rings. The molecule has 0 spiro atoms. The van der Waals surface area contributed by atoms with Crippen LogP contribution in [0.15, 0.2) is 42.5 Å². The van der Waals surface area contributed by atoms with Crippen LogP contribution in [0.3, 0.4) is 0 Å². The van der Waals surface area contributed by atoms with E-state index in [0.717, 1.165) is 6.07 Å².